The lowest BCUT2D eigenvalue weighted by atomic mass is 9.96. The Labute approximate surface area is 204 Å². The lowest BCUT2D eigenvalue weighted by molar-refractivity contribution is -0.274. The van der Waals surface area contributed by atoms with Crippen LogP contribution in [0.1, 0.15) is 40.8 Å². The van der Waals surface area contributed by atoms with Crippen molar-refractivity contribution in [3.05, 3.63) is 101 Å². The summed E-state index contributed by atoms with van der Waals surface area (Å²) in [6.07, 6.45) is -8.76. The van der Waals surface area contributed by atoms with Crippen LogP contribution in [-0.4, -0.2) is 19.3 Å². The van der Waals surface area contributed by atoms with Gasteiger partial charge in [-0.2, -0.15) is 13.2 Å². The maximum Gasteiger partial charge on any atom is 0.573 e. The minimum absolute atomic E-state index is 0.279. The quantitative estimate of drug-likeness (QED) is 0.330. The fraction of sp³-hybridized carbons (Fsp3) is 0.269. The van der Waals surface area contributed by atoms with Gasteiger partial charge in [-0.1, -0.05) is 54.6 Å². The summed E-state index contributed by atoms with van der Waals surface area (Å²) in [7, 11) is 1.47. The number of likely N-dealkylation sites (N-methyl/N-ethyl adjacent to an activating group) is 1. The van der Waals surface area contributed by atoms with Crippen LogP contribution in [0.4, 0.5) is 26.3 Å². The summed E-state index contributed by atoms with van der Waals surface area (Å²) in [6.45, 7) is 0. The van der Waals surface area contributed by atoms with E-state index in [4.69, 9.17) is 0 Å². The summed E-state index contributed by atoms with van der Waals surface area (Å²) in [5, 5.41) is 5.78. The van der Waals surface area contributed by atoms with E-state index in [9.17, 15) is 31.1 Å². The van der Waals surface area contributed by atoms with Crippen LogP contribution in [0.2, 0.25) is 0 Å². The molecule has 2 atom stereocenters. The summed E-state index contributed by atoms with van der Waals surface area (Å²) < 4.78 is 81.0. The van der Waals surface area contributed by atoms with E-state index >= 15 is 0 Å². The van der Waals surface area contributed by atoms with Gasteiger partial charge in [0.2, 0.25) is 5.91 Å². The minimum atomic E-state index is -4.88. The molecule has 36 heavy (non-hydrogen) atoms. The number of nitrogens with one attached hydrogen (secondary N) is 2. The average Bonchev–Trinajstić information content (AvgIpc) is 2.83. The smallest absolute Gasteiger partial charge is 0.406 e. The minimum Gasteiger partial charge on any atom is -0.406 e. The first-order chi connectivity index (χ1) is 17.0. The fourth-order valence-electron chi connectivity index (χ4n) is 3.76. The van der Waals surface area contributed by atoms with Gasteiger partial charge in [0.05, 0.1) is 5.56 Å². The fourth-order valence-corrected chi connectivity index (χ4v) is 3.76. The number of carbonyl (C=O) groups is 1. The van der Waals surface area contributed by atoms with Gasteiger partial charge in [-0.05, 0) is 53.8 Å². The van der Waals surface area contributed by atoms with E-state index < -0.39 is 35.9 Å². The molecule has 192 valence electrons. The van der Waals surface area contributed by atoms with Crippen molar-refractivity contribution in [1.29, 1.82) is 0 Å². The maximum absolute atomic E-state index is 12.9. The van der Waals surface area contributed by atoms with Gasteiger partial charge in [0.25, 0.3) is 0 Å². The average molecular weight is 510 g/mol. The standard InChI is InChI=1S/C26H24F6N2O2/c1-33-24(35)23(18-6-3-2-4-7-18)34-22(19-8-5-9-21(16-19)36-26(30,31)32)15-12-17-10-13-20(14-11-17)25(27,28)29/h2-11,13-14,16,22-23,34H,12,15H2,1H3,(H,33,35)/t22-,23?/m1/s1. The first-order valence-corrected chi connectivity index (χ1v) is 11.0. The van der Waals surface area contributed by atoms with Crippen LogP contribution in [0.5, 0.6) is 5.75 Å². The van der Waals surface area contributed by atoms with Crippen LogP contribution in [0.15, 0.2) is 78.9 Å². The summed E-state index contributed by atoms with van der Waals surface area (Å²) in [5.74, 6) is -0.777. The van der Waals surface area contributed by atoms with E-state index in [-0.39, 0.29) is 12.3 Å². The van der Waals surface area contributed by atoms with E-state index in [0.29, 0.717) is 23.1 Å². The van der Waals surface area contributed by atoms with Gasteiger partial charge in [0.1, 0.15) is 11.8 Å². The monoisotopic (exact) mass is 510 g/mol. The topological polar surface area (TPSA) is 50.4 Å². The Bertz CT molecular complexity index is 1130. The zero-order valence-electron chi connectivity index (χ0n) is 19.2. The highest BCUT2D eigenvalue weighted by molar-refractivity contribution is 5.83. The normalized spacial score (nSPS) is 13.6. The summed E-state index contributed by atoms with van der Waals surface area (Å²) in [4.78, 5) is 12.7. The van der Waals surface area contributed by atoms with E-state index in [1.807, 2.05) is 0 Å². The Morgan fingerprint density at radius 1 is 0.861 bits per heavy atom. The molecule has 0 spiro atoms. The number of amides is 1. The van der Waals surface area contributed by atoms with Crippen molar-refractivity contribution in [3.63, 3.8) is 0 Å². The number of rotatable bonds is 9. The predicted octanol–water partition coefficient (Wildman–Crippen LogP) is 6.35. The lowest BCUT2D eigenvalue weighted by Crippen LogP contribution is -2.38. The second-order valence-electron chi connectivity index (χ2n) is 8.03. The Morgan fingerprint density at radius 2 is 1.50 bits per heavy atom. The van der Waals surface area contributed by atoms with E-state index in [1.54, 1.807) is 36.4 Å². The van der Waals surface area contributed by atoms with Crippen LogP contribution in [0.25, 0.3) is 0 Å². The third-order valence-corrected chi connectivity index (χ3v) is 5.51. The van der Waals surface area contributed by atoms with E-state index in [1.165, 1.54) is 31.3 Å². The molecule has 1 unspecified atom stereocenters. The summed E-state index contributed by atoms with van der Waals surface area (Å²) in [5.41, 5.74) is 0.892. The molecule has 0 heterocycles. The Kier molecular flexibility index (Phi) is 8.62. The molecular formula is C26H24F6N2O2. The molecule has 0 saturated heterocycles. The third kappa shape index (κ3) is 7.74. The van der Waals surface area contributed by atoms with Gasteiger partial charge >= 0.3 is 12.5 Å². The number of ether oxygens (including phenoxy) is 1. The van der Waals surface area contributed by atoms with E-state index in [2.05, 4.69) is 15.4 Å². The predicted molar refractivity (Wildman–Crippen MR) is 122 cm³/mol. The molecule has 0 aliphatic rings. The molecule has 0 fully saturated rings. The number of aryl methyl sites for hydroxylation is 1. The summed E-state index contributed by atoms with van der Waals surface area (Å²) in [6, 6.07) is 17.4. The largest absolute Gasteiger partial charge is 0.573 e. The summed E-state index contributed by atoms with van der Waals surface area (Å²) >= 11 is 0. The molecule has 4 nitrogen and oxygen atoms in total. The lowest BCUT2D eigenvalue weighted by Gasteiger charge is -2.26. The van der Waals surface area contributed by atoms with Gasteiger partial charge < -0.3 is 10.1 Å². The van der Waals surface area contributed by atoms with E-state index in [0.717, 1.165) is 18.2 Å². The molecule has 3 aromatic rings. The van der Waals surface area contributed by atoms with Crippen molar-refractivity contribution in [2.75, 3.05) is 7.05 Å². The molecule has 0 aliphatic heterocycles. The highest BCUT2D eigenvalue weighted by atomic mass is 19.4. The SMILES string of the molecule is CNC(=O)C(N[C@H](CCc1ccc(C(F)(F)F)cc1)c1cccc(OC(F)(F)F)c1)c1ccccc1. The van der Waals surface area contributed by atoms with Crippen molar-refractivity contribution in [3.8, 4) is 5.75 Å². The van der Waals surface area contributed by atoms with Crippen LogP contribution in [0.3, 0.4) is 0 Å². The van der Waals surface area contributed by atoms with Gasteiger partial charge in [-0.25, -0.2) is 0 Å². The number of benzene rings is 3. The second-order valence-corrected chi connectivity index (χ2v) is 8.03. The molecule has 0 bridgehead atoms. The highest BCUT2D eigenvalue weighted by Crippen LogP contribution is 2.31. The first kappa shape index (κ1) is 27.1. The maximum atomic E-state index is 12.9. The van der Waals surface area contributed by atoms with Crippen LogP contribution < -0.4 is 15.4 Å². The van der Waals surface area contributed by atoms with Gasteiger partial charge in [0, 0.05) is 13.1 Å². The Morgan fingerprint density at radius 3 is 2.08 bits per heavy atom. The number of alkyl halides is 6. The molecule has 3 rings (SSSR count). The van der Waals surface area contributed by atoms with Crippen LogP contribution in [0, 0.1) is 0 Å². The number of halogens is 6. The molecule has 0 aliphatic carbocycles. The van der Waals surface area contributed by atoms with Crippen molar-refractivity contribution in [2.24, 2.45) is 0 Å². The van der Waals surface area contributed by atoms with Gasteiger partial charge in [-0.15, -0.1) is 13.2 Å². The van der Waals surface area contributed by atoms with Crippen LogP contribution >= 0.6 is 0 Å². The molecule has 10 heteroatoms. The number of hydrogen-bond donors (Lipinski definition) is 2. The van der Waals surface area contributed by atoms with Crippen molar-refractivity contribution in [2.45, 2.75) is 37.5 Å². The number of hydrogen-bond acceptors (Lipinski definition) is 3. The molecule has 0 aromatic heterocycles. The molecule has 3 aromatic carbocycles. The molecule has 0 radical (unpaired) electrons. The zero-order valence-corrected chi connectivity index (χ0v) is 19.2. The van der Waals surface area contributed by atoms with Crippen molar-refractivity contribution < 1.29 is 35.9 Å². The zero-order chi connectivity index (χ0) is 26.3. The molecule has 2 N–H and O–H groups in total. The van der Waals surface area contributed by atoms with Crippen molar-refractivity contribution in [1.82, 2.24) is 10.6 Å². The number of carbonyl (C=O) groups excluding carboxylic acids is 1. The third-order valence-electron chi connectivity index (χ3n) is 5.51. The van der Waals surface area contributed by atoms with Crippen LogP contribution in [-0.2, 0) is 17.4 Å². The van der Waals surface area contributed by atoms with Gasteiger partial charge in [-0.3, -0.25) is 10.1 Å². The van der Waals surface area contributed by atoms with Crippen molar-refractivity contribution >= 4 is 5.91 Å². The second kappa shape index (κ2) is 11.5. The Balaban J connectivity index is 1.90. The molecule has 0 saturated carbocycles. The molecule has 1 amide bonds. The highest BCUT2D eigenvalue weighted by Gasteiger charge is 2.32. The Hall–Kier alpha value is -3.53. The first-order valence-electron chi connectivity index (χ1n) is 11.0. The molecular weight excluding hydrogens is 486 g/mol. The van der Waals surface area contributed by atoms with Gasteiger partial charge in [0.15, 0.2) is 0 Å².